The van der Waals surface area contributed by atoms with Crippen LogP contribution >= 0.6 is 24.0 Å². The van der Waals surface area contributed by atoms with E-state index in [9.17, 15) is 0 Å². The molecule has 0 spiro atoms. The Morgan fingerprint density at radius 2 is 2.27 bits per heavy atom. The van der Waals surface area contributed by atoms with Crippen molar-refractivity contribution in [2.45, 2.75) is 0 Å². The van der Waals surface area contributed by atoms with E-state index in [-0.39, 0.29) is 24.0 Å². The first-order valence-corrected chi connectivity index (χ1v) is 4.44. The van der Waals surface area contributed by atoms with Crippen LogP contribution in [0, 0.1) is 0 Å². The molecule has 4 N–H and O–H groups in total. The average Bonchev–Trinajstić information content (AvgIpc) is 2.25. The first-order valence-electron chi connectivity index (χ1n) is 4.44. The van der Waals surface area contributed by atoms with Crippen LogP contribution in [0.5, 0.6) is 0 Å². The highest BCUT2D eigenvalue weighted by Crippen LogP contribution is 1.97. The van der Waals surface area contributed by atoms with Gasteiger partial charge in [0.25, 0.3) is 0 Å². The van der Waals surface area contributed by atoms with Gasteiger partial charge in [-0.3, -0.25) is 4.99 Å². The van der Waals surface area contributed by atoms with Crippen LogP contribution in [-0.2, 0) is 0 Å². The normalized spacial score (nSPS) is 10.3. The fourth-order valence-corrected chi connectivity index (χ4v) is 0.928. The lowest BCUT2D eigenvalue weighted by molar-refractivity contribution is 0.891. The van der Waals surface area contributed by atoms with Gasteiger partial charge >= 0.3 is 0 Å². The van der Waals surface area contributed by atoms with Gasteiger partial charge in [0.2, 0.25) is 0 Å². The second kappa shape index (κ2) is 8.27. The summed E-state index contributed by atoms with van der Waals surface area (Å²) in [7, 11) is 1.65. The lowest BCUT2D eigenvalue weighted by Gasteiger charge is -2.06. The number of nitrogens with two attached hydrogens (primary N) is 1. The molecule has 0 amide bonds. The number of hydrogen-bond acceptors (Lipinski definition) is 3. The predicted molar refractivity (Wildman–Crippen MR) is 73.7 cm³/mol. The molecular formula is C9H16IN5. The Morgan fingerprint density at radius 1 is 1.47 bits per heavy atom. The van der Waals surface area contributed by atoms with Gasteiger partial charge in [-0.25, -0.2) is 4.98 Å². The van der Waals surface area contributed by atoms with Crippen LogP contribution < -0.4 is 16.4 Å². The molecule has 84 valence electrons. The first kappa shape index (κ1) is 14.0. The van der Waals surface area contributed by atoms with Crippen LogP contribution in [0.2, 0.25) is 0 Å². The van der Waals surface area contributed by atoms with Crippen molar-refractivity contribution < 1.29 is 0 Å². The topological polar surface area (TPSA) is 75.3 Å². The standard InChI is InChI=1S/C9H15N5.HI/c1-11-9(10)14-7-6-13-8-4-2-3-5-12-8;/h2-5H,6-7H2,1H3,(H,12,13)(H3,10,11,14);1H. The van der Waals surface area contributed by atoms with Gasteiger partial charge in [-0.2, -0.15) is 0 Å². The van der Waals surface area contributed by atoms with E-state index in [1.54, 1.807) is 13.2 Å². The smallest absolute Gasteiger partial charge is 0.188 e. The van der Waals surface area contributed by atoms with Crippen LogP contribution in [0.4, 0.5) is 5.82 Å². The van der Waals surface area contributed by atoms with Crippen molar-refractivity contribution in [3.05, 3.63) is 24.4 Å². The number of rotatable bonds is 4. The number of nitrogens with one attached hydrogen (secondary N) is 2. The summed E-state index contributed by atoms with van der Waals surface area (Å²) in [5, 5.41) is 6.08. The van der Waals surface area contributed by atoms with Crippen LogP contribution in [0.25, 0.3) is 0 Å². The molecule has 15 heavy (non-hydrogen) atoms. The van der Waals surface area contributed by atoms with Gasteiger partial charge < -0.3 is 16.4 Å². The van der Waals surface area contributed by atoms with Crippen molar-refractivity contribution in [1.82, 2.24) is 10.3 Å². The van der Waals surface area contributed by atoms with Crippen molar-refractivity contribution in [2.75, 3.05) is 25.5 Å². The van der Waals surface area contributed by atoms with Gasteiger partial charge in [-0.1, -0.05) is 6.07 Å². The zero-order chi connectivity index (χ0) is 10.2. The minimum atomic E-state index is 0. The third kappa shape index (κ3) is 6.10. The molecule has 0 fully saturated rings. The lowest BCUT2D eigenvalue weighted by atomic mass is 10.4. The zero-order valence-electron chi connectivity index (χ0n) is 8.60. The molecule has 0 bridgehead atoms. The summed E-state index contributed by atoms with van der Waals surface area (Å²) >= 11 is 0. The molecule has 1 heterocycles. The van der Waals surface area contributed by atoms with E-state index in [4.69, 9.17) is 5.73 Å². The molecule has 1 aromatic rings. The van der Waals surface area contributed by atoms with Crippen molar-refractivity contribution >= 4 is 35.8 Å². The Morgan fingerprint density at radius 3 is 2.87 bits per heavy atom. The first-order chi connectivity index (χ1) is 6.83. The van der Waals surface area contributed by atoms with Gasteiger partial charge in [0, 0.05) is 26.3 Å². The Hall–Kier alpha value is -1.05. The Kier molecular flexibility index (Phi) is 7.69. The van der Waals surface area contributed by atoms with E-state index in [1.165, 1.54) is 0 Å². The van der Waals surface area contributed by atoms with E-state index < -0.39 is 0 Å². The molecule has 0 aromatic carbocycles. The average molecular weight is 321 g/mol. The van der Waals surface area contributed by atoms with Crippen LogP contribution in [0.15, 0.2) is 29.4 Å². The van der Waals surface area contributed by atoms with Crippen molar-refractivity contribution in [1.29, 1.82) is 0 Å². The zero-order valence-corrected chi connectivity index (χ0v) is 10.9. The molecule has 5 nitrogen and oxygen atoms in total. The number of pyridine rings is 1. The highest BCUT2D eigenvalue weighted by Gasteiger charge is 1.91. The van der Waals surface area contributed by atoms with Crippen LogP contribution in [0.3, 0.4) is 0 Å². The third-order valence-corrected chi connectivity index (χ3v) is 1.64. The SMILES string of the molecule is CN=C(N)NCCNc1ccccn1.I. The molecule has 0 aliphatic carbocycles. The van der Waals surface area contributed by atoms with Crippen LogP contribution in [0.1, 0.15) is 0 Å². The van der Waals surface area contributed by atoms with Gasteiger partial charge in [0.1, 0.15) is 5.82 Å². The molecular weight excluding hydrogens is 305 g/mol. The summed E-state index contributed by atoms with van der Waals surface area (Å²) in [5.41, 5.74) is 5.45. The number of guanidine groups is 1. The summed E-state index contributed by atoms with van der Waals surface area (Å²) in [6, 6.07) is 5.73. The molecule has 0 atom stereocenters. The molecule has 0 unspecified atom stereocenters. The van der Waals surface area contributed by atoms with Crippen LogP contribution in [-0.4, -0.2) is 31.1 Å². The second-order valence-electron chi connectivity index (χ2n) is 2.68. The Labute approximate surface area is 107 Å². The number of anilines is 1. The molecule has 1 rings (SSSR count). The molecule has 1 aromatic heterocycles. The van der Waals surface area contributed by atoms with Crippen molar-refractivity contribution in [3.8, 4) is 0 Å². The van der Waals surface area contributed by atoms with Gasteiger partial charge in [-0.15, -0.1) is 24.0 Å². The number of hydrogen-bond donors (Lipinski definition) is 3. The molecule has 0 saturated carbocycles. The number of halogens is 1. The molecule has 0 aliphatic rings. The minimum absolute atomic E-state index is 0. The maximum Gasteiger partial charge on any atom is 0.188 e. The van der Waals surface area contributed by atoms with Gasteiger partial charge in [0.15, 0.2) is 5.96 Å². The number of aromatic nitrogens is 1. The summed E-state index contributed by atoms with van der Waals surface area (Å²) < 4.78 is 0. The summed E-state index contributed by atoms with van der Waals surface area (Å²) in [4.78, 5) is 7.89. The third-order valence-electron chi connectivity index (χ3n) is 1.64. The summed E-state index contributed by atoms with van der Waals surface area (Å²) in [6.07, 6.45) is 1.75. The minimum Gasteiger partial charge on any atom is -0.370 e. The summed E-state index contributed by atoms with van der Waals surface area (Å²) in [5.74, 6) is 1.31. The highest BCUT2D eigenvalue weighted by molar-refractivity contribution is 14.0. The fourth-order valence-electron chi connectivity index (χ4n) is 0.928. The molecule has 0 radical (unpaired) electrons. The summed E-state index contributed by atoms with van der Waals surface area (Å²) in [6.45, 7) is 1.48. The van der Waals surface area contributed by atoms with E-state index in [2.05, 4.69) is 20.6 Å². The largest absolute Gasteiger partial charge is 0.370 e. The molecule has 6 heteroatoms. The monoisotopic (exact) mass is 321 g/mol. The maximum absolute atomic E-state index is 5.45. The number of aliphatic imine (C=N–C) groups is 1. The van der Waals surface area contributed by atoms with Gasteiger partial charge in [0.05, 0.1) is 0 Å². The maximum atomic E-state index is 5.45. The lowest BCUT2D eigenvalue weighted by Crippen LogP contribution is -2.34. The van der Waals surface area contributed by atoms with Crippen molar-refractivity contribution in [2.24, 2.45) is 10.7 Å². The van der Waals surface area contributed by atoms with E-state index in [1.807, 2.05) is 18.2 Å². The van der Waals surface area contributed by atoms with E-state index >= 15 is 0 Å². The molecule has 0 aliphatic heterocycles. The van der Waals surface area contributed by atoms with E-state index in [0.717, 1.165) is 18.9 Å². The van der Waals surface area contributed by atoms with E-state index in [0.29, 0.717) is 5.96 Å². The quantitative estimate of drug-likeness (QED) is 0.329. The van der Waals surface area contributed by atoms with Crippen molar-refractivity contribution in [3.63, 3.8) is 0 Å². The Bertz CT molecular complexity index is 288. The highest BCUT2D eigenvalue weighted by atomic mass is 127. The number of nitrogens with zero attached hydrogens (tertiary/aromatic N) is 2. The second-order valence-corrected chi connectivity index (χ2v) is 2.68. The fraction of sp³-hybridized carbons (Fsp3) is 0.333. The predicted octanol–water partition coefficient (Wildman–Crippen LogP) is 0.646. The van der Waals surface area contributed by atoms with Gasteiger partial charge in [-0.05, 0) is 12.1 Å². The molecule has 0 saturated heterocycles. The Balaban J connectivity index is 0.00000196.